The summed E-state index contributed by atoms with van der Waals surface area (Å²) in [6.45, 7) is 11.6. The molecule has 0 saturated carbocycles. The third-order valence-corrected chi connectivity index (χ3v) is 7.03. The number of thiophene rings is 2. The van der Waals surface area contributed by atoms with Crippen molar-refractivity contribution in [2.45, 2.75) is 47.2 Å². The summed E-state index contributed by atoms with van der Waals surface area (Å²) < 4.78 is 1.90. The largest absolute Gasteiger partial charge is 0.334 e. The molecule has 0 spiro atoms. The molecule has 0 bridgehead atoms. The van der Waals surface area contributed by atoms with Crippen LogP contribution in [0.15, 0.2) is 35.8 Å². The number of hydrogen-bond acceptors (Lipinski definition) is 5. The summed E-state index contributed by atoms with van der Waals surface area (Å²) in [7, 11) is 0. The number of carbonyl (C=O) groups excluding carboxylic acids is 1. The fourth-order valence-corrected chi connectivity index (χ4v) is 5.34. The van der Waals surface area contributed by atoms with Gasteiger partial charge in [0.2, 0.25) is 0 Å². The lowest BCUT2D eigenvalue weighted by Crippen LogP contribution is -2.30. The molecule has 1 amide bonds. The van der Waals surface area contributed by atoms with Crippen molar-refractivity contribution in [3.05, 3.63) is 56.0 Å². The molecule has 4 aromatic heterocycles. The van der Waals surface area contributed by atoms with Gasteiger partial charge in [-0.15, -0.1) is 22.7 Å². The zero-order chi connectivity index (χ0) is 21.4. The van der Waals surface area contributed by atoms with Crippen LogP contribution in [0.3, 0.4) is 0 Å². The number of pyridine rings is 1. The molecule has 0 radical (unpaired) electrons. The number of hydrogen-bond donors (Lipinski definition) is 0. The van der Waals surface area contributed by atoms with Gasteiger partial charge >= 0.3 is 0 Å². The summed E-state index contributed by atoms with van der Waals surface area (Å²) in [5.41, 5.74) is 3.36. The molecule has 0 atom stereocenters. The van der Waals surface area contributed by atoms with Crippen LogP contribution in [0.2, 0.25) is 0 Å². The average molecular weight is 439 g/mol. The first-order chi connectivity index (χ1) is 14.4. The van der Waals surface area contributed by atoms with E-state index >= 15 is 0 Å². The van der Waals surface area contributed by atoms with Gasteiger partial charge in [0.1, 0.15) is 0 Å². The van der Waals surface area contributed by atoms with Gasteiger partial charge in [-0.05, 0) is 58.2 Å². The number of carbonyl (C=O) groups is 1. The highest BCUT2D eigenvalue weighted by Gasteiger charge is 2.23. The maximum atomic E-state index is 13.6. The molecule has 30 heavy (non-hydrogen) atoms. The Hall–Kier alpha value is -2.51. The monoisotopic (exact) mass is 438 g/mol. The molecule has 0 saturated heterocycles. The molecule has 0 aliphatic heterocycles. The van der Waals surface area contributed by atoms with Crippen molar-refractivity contribution < 1.29 is 4.79 Å². The van der Waals surface area contributed by atoms with Crippen LogP contribution >= 0.6 is 22.7 Å². The Morgan fingerprint density at radius 2 is 2.07 bits per heavy atom. The van der Waals surface area contributed by atoms with Gasteiger partial charge in [0, 0.05) is 32.8 Å². The smallest absolute Gasteiger partial charge is 0.255 e. The van der Waals surface area contributed by atoms with E-state index in [1.165, 1.54) is 14.6 Å². The molecule has 5 nitrogen and oxygen atoms in total. The quantitative estimate of drug-likeness (QED) is 0.366. The summed E-state index contributed by atoms with van der Waals surface area (Å²) in [5, 5.41) is 7.41. The van der Waals surface area contributed by atoms with E-state index in [2.05, 4.69) is 44.9 Å². The van der Waals surface area contributed by atoms with Crippen molar-refractivity contribution in [2.24, 2.45) is 0 Å². The highest BCUT2D eigenvalue weighted by Crippen LogP contribution is 2.33. The zero-order valence-corrected chi connectivity index (χ0v) is 19.6. The normalized spacial score (nSPS) is 11.5. The lowest BCUT2D eigenvalue weighted by atomic mass is 10.1. The van der Waals surface area contributed by atoms with Crippen molar-refractivity contribution in [2.75, 3.05) is 6.54 Å². The number of nitrogens with zero attached hydrogens (tertiary/aromatic N) is 4. The van der Waals surface area contributed by atoms with Crippen LogP contribution in [0, 0.1) is 13.8 Å². The Morgan fingerprint density at radius 3 is 2.67 bits per heavy atom. The average Bonchev–Trinajstić information content (AvgIpc) is 3.44. The second-order valence-corrected chi connectivity index (χ2v) is 10.2. The van der Waals surface area contributed by atoms with Crippen LogP contribution < -0.4 is 0 Å². The van der Waals surface area contributed by atoms with E-state index in [0.717, 1.165) is 22.3 Å². The number of rotatable bonds is 6. The van der Waals surface area contributed by atoms with Gasteiger partial charge in [0.15, 0.2) is 5.65 Å². The number of aromatic nitrogens is 3. The lowest BCUT2D eigenvalue weighted by Gasteiger charge is -2.21. The molecule has 0 unspecified atom stereocenters. The molecule has 0 aromatic carbocycles. The molecular weight excluding hydrogens is 412 g/mol. The van der Waals surface area contributed by atoms with Crippen molar-refractivity contribution in [3.63, 3.8) is 0 Å². The second-order valence-electron chi connectivity index (χ2n) is 7.70. The van der Waals surface area contributed by atoms with Crippen LogP contribution in [0.25, 0.3) is 22.3 Å². The fourth-order valence-electron chi connectivity index (χ4n) is 3.68. The van der Waals surface area contributed by atoms with E-state index in [-0.39, 0.29) is 11.9 Å². The molecule has 156 valence electrons. The predicted octanol–water partition coefficient (Wildman–Crippen LogP) is 6.08. The summed E-state index contributed by atoms with van der Waals surface area (Å²) in [6.07, 6.45) is 1.78. The maximum absolute atomic E-state index is 13.6. The molecular formula is C23H26N4OS2. The molecule has 7 heteroatoms. The van der Waals surface area contributed by atoms with Crippen LogP contribution in [0.5, 0.6) is 0 Å². The van der Waals surface area contributed by atoms with Crippen molar-refractivity contribution in [1.29, 1.82) is 0 Å². The van der Waals surface area contributed by atoms with Crippen molar-refractivity contribution in [1.82, 2.24) is 19.7 Å². The van der Waals surface area contributed by atoms with Gasteiger partial charge in [-0.2, -0.15) is 5.10 Å². The first-order valence-electron chi connectivity index (χ1n) is 10.2. The third kappa shape index (κ3) is 3.79. The van der Waals surface area contributed by atoms with Crippen LogP contribution in [-0.4, -0.2) is 32.1 Å². The SMILES string of the molecule is CCN(Cc1cccs1)C(=O)c1cc(-c2cc(C)sc2C)nc2c1cnn2C(C)C. The van der Waals surface area contributed by atoms with Crippen molar-refractivity contribution in [3.8, 4) is 11.3 Å². The number of fused-ring (bicyclic) bond motifs is 1. The molecule has 0 fully saturated rings. The van der Waals surface area contributed by atoms with E-state index in [4.69, 9.17) is 4.98 Å². The Labute approximate surface area is 185 Å². The molecule has 4 aromatic rings. The molecule has 0 aliphatic carbocycles. The van der Waals surface area contributed by atoms with Crippen molar-refractivity contribution >= 4 is 39.6 Å². The third-order valence-electron chi connectivity index (χ3n) is 5.20. The highest BCUT2D eigenvalue weighted by molar-refractivity contribution is 7.12. The summed E-state index contributed by atoms with van der Waals surface area (Å²) >= 11 is 3.43. The van der Waals surface area contributed by atoms with Gasteiger partial charge in [-0.3, -0.25) is 4.79 Å². The minimum atomic E-state index is 0.0208. The van der Waals surface area contributed by atoms with Crippen LogP contribution in [0.4, 0.5) is 0 Å². The predicted molar refractivity (Wildman–Crippen MR) is 125 cm³/mol. The van der Waals surface area contributed by atoms with E-state index < -0.39 is 0 Å². The van der Waals surface area contributed by atoms with Crippen LogP contribution in [-0.2, 0) is 6.54 Å². The molecule has 0 N–H and O–H groups in total. The van der Waals surface area contributed by atoms with Gasteiger partial charge in [-0.25, -0.2) is 9.67 Å². The summed E-state index contributed by atoms with van der Waals surface area (Å²) in [5.74, 6) is 0.0208. The van der Waals surface area contributed by atoms with E-state index in [1.807, 2.05) is 34.0 Å². The Balaban J connectivity index is 1.87. The molecule has 4 rings (SSSR count). The minimum Gasteiger partial charge on any atom is -0.334 e. The van der Waals surface area contributed by atoms with E-state index in [1.54, 1.807) is 28.9 Å². The summed E-state index contributed by atoms with van der Waals surface area (Å²) in [4.78, 5) is 24.1. The Bertz CT molecular complexity index is 1190. The first kappa shape index (κ1) is 20.8. The molecule has 0 aliphatic rings. The lowest BCUT2D eigenvalue weighted by molar-refractivity contribution is 0.0756. The van der Waals surface area contributed by atoms with E-state index in [0.29, 0.717) is 18.7 Å². The Morgan fingerprint density at radius 1 is 1.27 bits per heavy atom. The topological polar surface area (TPSA) is 51.0 Å². The summed E-state index contributed by atoms with van der Waals surface area (Å²) in [6, 6.07) is 8.36. The first-order valence-corrected chi connectivity index (χ1v) is 11.9. The van der Waals surface area contributed by atoms with Gasteiger partial charge in [0.05, 0.1) is 29.4 Å². The minimum absolute atomic E-state index is 0.0208. The zero-order valence-electron chi connectivity index (χ0n) is 18.0. The van der Waals surface area contributed by atoms with Gasteiger partial charge in [0.25, 0.3) is 5.91 Å². The van der Waals surface area contributed by atoms with Gasteiger partial charge in [-0.1, -0.05) is 6.07 Å². The maximum Gasteiger partial charge on any atom is 0.255 e. The van der Waals surface area contributed by atoms with E-state index in [9.17, 15) is 4.79 Å². The van der Waals surface area contributed by atoms with Crippen LogP contribution in [0.1, 0.15) is 51.8 Å². The second kappa shape index (κ2) is 8.32. The number of amides is 1. The standard InChI is InChI=1S/C23H26N4OS2/c1-6-26(13-17-8-7-9-29-17)23(28)19-11-21(18-10-15(4)30-16(18)5)25-22-20(19)12-24-27(22)14(2)3/h7-12,14H,6,13H2,1-5H3. The van der Waals surface area contributed by atoms with Gasteiger partial charge < -0.3 is 4.90 Å². The fraction of sp³-hybridized carbons (Fsp3) is 0.348. The number of aryl methyl sites for hydroxylation is 2. The Kier molecular flexibility index (Phi) is 5.75. The highest BCUT2D eigenvalue weighted by atomic mass is 32.1. The molecule has 4 heterocycles.